The second-order valence-corrected chi connectivity index (χ2v) is 9.39. The van der Waals surface area contributed by atoms with Gasteiger partial charge in [-0.15, -0.1) is 0 Å². The van der Waals surface area contributed by atoms with Gasteiger partial charge in [0, 0.05) is 0 Å². The Balaban J connectivity index is 2.11. The Kier molecular flexibility index (Phi) is 7.69. The van der Waals surface area contributed by atoms with Gasteiger partial charge in [-0.1, -0.05) is 63.2 Å². The zero-order valence-corrected chi connectivity index (χ0v) is 20.8. The topological polar surface area (TPSA) is 44.8 Å². The van der Waals surface area contributed by atoms with Crippen LogP contribution in [0.15, 0.2) is 54.6 Å². The molecular formula is C27H33O4P. The zero-order chi connectivity index (χ0) is 23.3. The lowest BCUT2D eigenvalue weighted by Crippen LogP contribution is -2.12. The molecule has 0 N–H and O–H groups in total. The van der Waals surface area contributed by atoms with Crippen molar-refractivity contribution in [3.05, 3.63) is 88.0 Å². The summed E-state index contributed by atoms with van der Waals surface area (Å²) in [5.41, 5.74) is 6.24. The lowest BCUT2D eigenvalue weighted by Gasteiger charge is -2.25. The predicted octanol–water partition coefficient (Wildman–Crippen LogP) is 7.94. The van der Waals surface area contributed by atoms with Gasteiger partial charge in [0.05, 0.1) is 0 Å². The van der Waals surface area contributed by atoms with E-state index in [4.69, 9.17) is 13.6 Å². The number of aryl methyl sites for hydroxylation is 4. The minimum absolute atomic E-state index is 0.473. The number of phosphoric ester groups is 1. The summed E-state index contributed by atoms with van der Waals surface area (Å²) in [5, 5.41) is 0. The van der Waals surface area contributed by atoms with Gasteiger partial charge < -0.3 is 13.6 Å². The summed E-state index contributed by atoms with van der Waals surface area (Å²) in [7, 11) is -4.06. The maximum atomic E-state index is 14.1. The van der Waals surface area contributed by atoms with Crippen LogP contribution in [-0.2, 0) is 23.8 Å². The van der Waals surface area contributed by atoms with Gasteiger partial charge >= 0.3 is 7.82 Å². The molecule has 0 radical (unpaired) electrons. The molecule has 32 heavy (non-hydrogen) atoms. The Morgan fingerprint density at radius 2 is 1.16 bits per heavy atom. The molecule has 0 aromatic heterocycles. The average Bonchev–Trinajstić information content (AvgIpc) is 2.77. The highest BCUT2D eigenvalue weighted by atomic mass is 31.2. The fourth-order valence-corrected chi connectivity index (χ4v) is 5.45. The first kappa shape index (κ1) is 23.9. The normalized spacial score (nSPS) is 11.3. The smallest absolute Gasteiger partial charge is 0.386 e. The molecule has 0 saturated carbocycles. The largest absolute Gasteiger partial charge is 0.647 e. The first-order valence-electron chi connectivity index (χ1n) is 11.3. The van der Waals surface area contributed by atoms with Gasteiger partial charge in [0.25, 0.3) is 0 Å². The minimum atomic E-state index is -4.06. The van der Waals surface area contributed by atoms with E-state index in [2.05, 4.69) is 26.8 Å². The van der Waals surface area contributed by atoms with E-state index in [-0.39, 0.29) is 0 Å². The SMILES string of the molecule is CCc1cc(C)c(OP(=O)(Oc2ccccc2C)Oc2ccccc2C)c(CC)c1CC. The summed E-state index contributed by atoms with van der Waals surface area (Å²) in [5.74, 6) is 1.54. The Morgan fingerprint density at radius 3 is 1.59 bits per heavy atom. The number of phosphoric acid groups is 1. The summed E-state index contributed by atoms with van der Waals surface area (Å²) in [4.78, 5) is 0. The fraction of sp³-hybridized carbons (Fsp3) is 0.333. The van der Waals surface area contributed by atoms with Gasteiger partial charge in [0.2, 0.25) is 0 Å². The minimum Gasteiger partial charge on any atom is -0.386 e. The Hall–Kier alpha value is -2.71. The molecule has 0 bridgehead atoms. The summed E-state index contributed by atoms with van der Waals surface area (Å²) in [6.07, 6.45) is 2.58. The van der Waals surface area contributed by atoms with Gasteiger partial charge in [-0.3, -0.25) is 0 Å². The van der Waals surface area contributed by atoms with E-state index >= 15 is 0 Å². The lowest BCUT2D eigenvalue weighted by atomic mass is 9.92. The highest BCUT2D eigenvalue weighted by Crippen LogP contribution is 2.52. The Morgan fingerprint density at radius 1 is 0.656 bits per heavy atom. The Labute approximate surface area is 192 Å². The van der Waals surface area contributed by atoms with E-state index in [1.54, 1.807) is 12.1 Å². The van der Waals surface area contributed by atoms with Crippen LogP contribution in [0.3, 0.4) is 0 Å². The van der Waals surface area contributed by atoms with E-state index in [0.29, 0.717) is 17.2 Å². The molecular weight excluding hydrogens is 419 g/mol. The molecule has 0 fully saturated rings. The maximum Gasteiger partial charge on any atom is 0.647 e. The molecule has 170 valence electrons. The number of hydrogen-bond donors (Lipinski definition) is 0. The molecule has 0 aliphatic rings. The first-order valence-corrected chi connectivity index (χ1v) is 12.7. The average molecular weight is 453 g/mol. The van der Waals surface area contributed by atoms with Crippen molar-refractivity contribution in [3.8, 4) is 17.2 Å². The molecule has 0 aliphatic carbocycles. The second kappa shape index (κ2) is 10.3. The van der Waals surface area contributed by atoms with Crippen LogP contribution in [0.25, 0.3) is 0 Å². The number of benzene rings is 3. The highest BCUT2D eigenvalue weighted by Gasteiger charge is 2.36. The van der Waals surface area contributed by atoms with Gasteiger partial charge in [-0.2, -0.15) is 4.57 Å². The molecule has 3 aromatic carbocycles. The van der Waals surface area contributed by atoms with Crippen molar-refractivity contribution < 1.29 is 18.1 Å². The molecule has 0 aliphatic heterocycles. The zero-order valence-electron chi connectivity index (χ0n) is 19.9. The third-order valence-electron chi connectivity index (χ3n) is 5.67. The fourth-order valence-electron chi connectivity index (χ4n) is 3.97. The van der Waals surface area contributed by atoms with Crippen molar-refractivity contribution in [1.82, 2.24) is 0 Å². The number of rotatable bonds is 9. The van der Waals surface area contributed by atoms with Crippen LogP contribution in [-0.4, -0.2) is 0 Å². The molecule has 3 rings (SSSR count). The van der Waals surface area contributed by atoms with Gasteiger partial charge in [-0.25, -0.2) is 0 Å². The summed E-state index contributed by atoms with van der Waals surface area (Å²) >= 11 is 0. The van der Waals surface area contributed by atoms with Crippen molar-refractivity contribution in [3.63, 3.8) is 0 Å². The molecule has 3 aromatic rings. The second-order valence-electron chi connectivity index (χ2n) is 7.95. The third-order valence-corrected chi connectivity index (χ3v) is 6.92. The molecule has 0 saturated heterocycles. The number of para-hydroxylation sites is 2. The van der Waals surface area contributed by atoms with E-state index in [1.165, 1.54) is 11.1 Å². The van der Waals surface area contributed by atoms with Gasteiger partial charge in [0.1, 0.15) is 17.2 Å². The quantitative estimate of drug-likeness (QED) is 0.309. The van der Waals surface area contributed by atoms with Crippen LogP contribution in [0, 0.1) is 20.8 Å². The maximum absolute atomic E-state index is 14.1. The van der Waals surface area contributed by atoms with Crippen molar-refractivity contribution >= 4 is 7.82 Å². The van der Waals surface area contributed by atoms with E-state index in [1.807, 2.05) is 57.2 Å². The Bertz CT molecular complexity index is 1080. The van der Waals surface area contributed by atoms with Crippen molar-refractivity contribution in [1.29, 1.82) is 0 Å². The highest BCUT2D eigenvalue weighted by molar-refractivity contribution is 7.49. The van der Waals surface area contributed by atoms with Crippen LogP contribution in [0.4, 0.5) is 0 Å². The molecule has 0 amide bonds. The van der Waals surface area contributed by atoms with Crippen LogP contribution < -0.4 is 13.6 Å². The van der Waals surface area contributed by atoms with Crippen molar-refractivity contribution in [2.75, 3.05) is 0 Å². The van der Waals surface area contributed by atoms with Gasteiger partial charge in [0.15, 0.2) is 0 Å². The molecule has 0 spiro atoms. The van der Waals surface area contributed by atoms with Crippen LogP contribution in [0.5, 0.6) is 17.2 Å². The van der Waals surface area contributed by atoms with Crippen LogP contribution in [0.2, 0.25) is 0 Å². The summed E-state index contributed by atoms with van der Waals surface area (Å²) in [6, 6.07) is 17.0. The monoisotopic (exact) mass is 452 g/mol. The van der Waals surface area contributed by atoms with Crippen molar-refractivity contribution in [2.24, 2.45) is 0 Å². The van der Waals surface area contributed by atoms with Crippen molar-refractivity contribution in [2.45, 2.75) is 60.8 Å². The van der Waals surface area contributed by atoms with E-state index in [0.717, 1.165) is 41.5 Å². The lowest BCUT2D eigenvalue weighted by molar-refractivity contribution is 0.295. The van der Waals surface area contributed by atoms with Gasteiger partial charge in [-0.05, 0) is 85.5 Å². The third kappa shape index (κ3) is 5.19. The molecule has 0 unspecified atom stereocenters. The molecule has 0 heterocycles. The van der Waals surface area contributed by atoms with E-state index in [9.17, 15) is 4.57 Å². The number of hydrogen-bond acceptors (Lipinski definition) is 4. The first-order chi connectivity index (χ1) is 15.3. The standard InChI is InChI=1S/C27H33O4P/c1-7-22-18-21(6)27(24(9-3)23(22)8-2)31-32(28,29-25-16-12-10-14-19(25)4)30-26-17-13-11-15-20(26)5/h10-18H,7-9H2,1-6H3. The summed E-state index contributed by atoms with van der Waals surface area (Å²) < 4.78 is 32.3. The predicted molar refractivity (Wildman–Crippen MR) is 131 cm³/mol. The summed E-state index contributed by atoms with van der Waals surface area (Å²) in [6.45, 7) is 12.2. The van der Waals surface area contributed by atoms with E-state index < -0.39 is 7.82 Å². The molecule has 5 heteroatoms. The van der Waals surface area contributed by atoms with Crippen LogP contribution in [0.1, 0.15) is 54.2 Å². The molecule has 4 nitrogen and oxygen atoms in total. The molecule has 0 atom stereocenters. The van der Waals surface area contributed by atoms with Crippen LogP contribution >= 0.6 is 7.82 Å².